The molecule has 0 aliphatic carbocycles. The molecule has 2 unspecified atom stereocenters. The van der Waals surface area contributed by atoms with E-state index in [0.29, 0.717) is 6.04 Å². The molecule has 0 aromatic rings. The molecule has 2 aliphatic rings. The lowest BCUT2D eigenvalue weighted by Gasteiger charge is -2.23. The van der Waals surface area contributed by atoms with Crippen molar-refractivity contribution in [3.05, 3.63) is 0 Å². The van der Waals surface area contributed by atoms with E-state index >= 15 is 0 Å². The maximum atomic E-state index is 11.9. The van der Waals surface area contributed by atoms with E-state index in [4.69, 9.17) is 0 Å². The van der Waals surface area contributed by atoms with Crippen molar-refractivity contribution < 1.29 is 4.79 Å². The SMILES string of the molecule is CCN1CCCC(NC2CCCCNC2=O)CC1. The molecular weight excluding hydrogens is 226 g/mol. The molecule has 104 valence electrons. The summed E-state index contributed by atoms with van der Waals surface area (Å²) in [5.74, 6) is 0.212. The summed E-state index contributed by atoms with van der Waals surface area (Å²) < 4.78 is 0. The van der Waals surface area contributed by atoms with Crippen molar-refractivity contribution in [1.29, 1.82) is 0 Å². The minimum atomic E-state index is 0.0469. The Morgan fingerprint density at radius 1 is 1.22 bits per heavy atom. The van der Waals surface area contributed by atoms with Crippen molar-refractivity contribution in [1.82, 2.24) is 15.5 Å². The van der Waals surface area contributed by atoms with Crippen molar-refractivity contribution in [3.8, 4) is 0 Å². The molecule has 0 spiro atoms. The van der Waals surface area contributed by atoms with E-state index in [1.807, 2.05) is 0 Å². The molecule has 0 aromatic carbocycles. The number of likely N-dealkylation sites (tertiary alicyclic amines) is 1. The van der Waals surface area contributed by atoms with Gasteiger partial charge in [0.2, 0.25) is 5.91 Å². The van der Waals surface area contributed by atoms with E-state index < -0.39 is 0 Å². The Morgan fingerprint density at radius 3 is 2.94 bits per heavy atom. The maximum Gasteiger partial charge on any atom is 0.237 e. The normalized spacial score (nSPS) is 31.5. The van der Waals surface area contributed by atoms with Crippen LogP contribution in [0, 0.1) is 0 Å². The highest BCUT2D eigenvalue weighted by molar-refractivity contribution is 5.81. The molecule has 1 amide bonds. The van der Waals surface area contributed by atoms with E-state index in [1.165, 1.54) is 32.4 Å². The van der Waals surface area contributed by atoms with Crippen LogP contribution in [-0.4, -0.2) is 49.1 Å². The quantitative estimate of drug-likeness (QED) is 0.792. The van der Waals surface area contributed by atoms with Crippen LogP contribution in [0.5, 0.6) is 0 Å². The number of nitrogens with one attached hydrogen (secondary N) is 2. The van der Waals surface area contributed by atoms with Crippen molar-refractivity contribution >= 4 is 5.91 Å². The Hall–Kier alpha value is -0.610. The van der Waals surface area contributed by atoms with Gasteiger partial charge in [0.05, 0.1) is 6.04 Å². The highest BCUT2D eigenvalue weighted by Crippen LogP contribution is 2.14. The summed E-state index contributed by atoms with van der Waals surface area (Å²) >= 11 is 0. The van der Waals surface area contributed by atoms with Gasteiger partial charge >= 0.3 is 0 Å². The van der Waals surface area contributed by atoms with Gasteiger partial charge in [-0.1, -0.05) is 6.92 Å². The molecule has 2 heterocycles. The number of hydrogen-bond donors (Lipinski definition) is 2. The van der Waals surface area contributed by atoms with Gasteiger partial charge in [-0.15, -0.1) is 0 Å². The standard InChI is InChI=1S/C14H27N3O/c1-2-17-10-5-6-12(8-11-17)16-13-7-3-4-9-15-14(13)18/h12-13,16H,2-11H2,1H3,(H,15,18). The Bertz CT molecular complexity index is 270. The van der Waals surface area contributed by atoms with Crippen LogP contribution >= 0.6 is 0 Å². The number of hydrogen-bond acceptors (Lipinski definition) is 3. The van der Waals surface area contributed by atoms with Gasteiger partial charge in [0, 0.05) is 12.6 Å². The second kappa shape index (κ2) is 7.10. The third-order valence-electron chi connectivity index (χ3n) is 4.24. The van der Waals surface area contributed by atoms with Gasteiger partial charge in [-0.05, 0) is 58.2 Å². The number of nitrogens with zero attached hydrogens (tertiary/aromatic N) is 1. The lowest BCUT2D eigenvalue weighted by atomic mass is 10.1. The highest BCUT2D eigenvalue weighted by atomic mass is 16.2. The Balaban J connectivity index is 1.82. The molecule has 0 saturated carbocycles. The zero-order chi connectivity index (χ0) is 12.8. The molecular formula is C14H27N3O. The topological polar surface area (TPSA) is 44.4 Å². The molecule has 2 rings (SSSR count). The summed E-state index contributed by atoms with van der Waals surface area (Å²) in [5.41, 5.74) is 0. The molecule has 4 heteroatoms. The van der Waals surface area contributed by atoms with Gasteiger partial charge in [0.25, 0.3) is 0 Å². The fraction of sp³-hybridized carbons (Fsp3) is 0.929. The zero-order valence-electron chi connectivity index (χ0n) is 11.6. The molecule has 2 saturated heterocycles. The average Bonchev–Trinajstić information content (AvgIpc) is 2.72. The van der Waals surface area contributed by atoms with E-state index in [9.17, 15) is 4.79 Å². The van der Waals surface area contributed by atoms with Crippen LogP contribution in [-0.2, 0) is 4.79 Å². The Kier molecular flexibility index (Phi) is 5.45. The largest absolute Gasteiger partial charge is 0.355 e. The fourth-order valence-electron chi connectivity index (χ4n) is 3.02. The predicted octanol–water partition coefficient (Wildman–Crippen LogP) is 1.12. The van der Waals surface area contributed by atoms with E-state index in [-0.39, 0.29) is 11.9 Å². The number of carbonyl (C=O) groups is 1. The van der Waals surface area contributed by atoms with Crippen LogP contribution in [0.3, 0.4) is 0 Å². The summed E-state index contributed by atoms with van der Waals surface area (Å²) in [6.45, 7) is 6.61. The molecule has 0 radical (unpaired) electrons. The second-order valence-corrected chi connectivity index (χ2v) is 5.57. The van der Waals surface area contributed by atoms with Crippen LogP contribution in [0.2, 0.25) is 0 Å². The van der Waals surface area contributed by atoms with Crippen molar-refractivity contribution in [2.45, 2.75) is 57.5 Å². The first-order valence-electron chi connectivity index (χ1n) is 7.55. The predicted molar refractivity (Wildman–Crippen MR) is 73.5 cm³/mol. The first-order valence-corrected chi connectivity index (χ1v) is 7.55. The summed E-state index contributed by atoms with van der Waals surface area (Å²) in [7, 11) is 0. The van der Waals surface area contributed by atoms with Gasteiger partial charge < -0.3 is 15.5 Å². The van der Waals surface area contributed by atoms with E-state index in [0.717, 1.165) is 32.4 Å². The fourth-order valence-corrected chi connectivity index (χ4v) is 3.02. The van der Waals surface area contributed by atoms with Gasteiger partial charge in [-0.3, -0.25) is 4.79 Å². The van der Waals surface area contributed by atoms with Gasteiger partial charge in [-0.2, -0.15) is 0 Å². The average molecular weight is 253 g/mol. The summed E-state index contributed by atoms with van der Waals surface area (Å²) in [4.78, 5) is 14.4. The Labute approximate surface area is 110 Å². The molecule has 2 atom stereocenters. The van der Waals surface area contributed by atoms with E-state index in [1.54, 1.807) is 0 Å². The monoisotopic (exact) mass is 253 g/mol. The third-order valence-corrected chi connectivity index (χ3v) is 4.24. The smallest absolute Gasteiger partial charge is 0.237 e. The second-order valence-electron chi connectivity index (χ2n) is 5.57. The molecule has 2 aliphatic heterocycles. The number of rotatable bonds is 3. The maximum absolute atomic E-state index is 11.9. The summed E-state index contributed by atoms with van der Waals surface area (Å²) in [5, 5.41) is 6.60. The van der Waals surface area contributed by atoms with Gasteiger partial charge in [-0.25, -0.2) is 0 Å². The van der Waals surface area contributed by atoms with Crippen molar-refractivity contribution in [2.24, 2.45) is 0 Å². The van der Waals surface area contributed by atoms with Crippen LogP contribution in [0.1, 0.15) is 45.4 Å². The third kappa shape index (κ3) is 3.95. The zero-order valence-corrected chi connectivity index (χ0v) is 11.6. The highest BCUT2D eigenvalue weighted by Gasteiger charge is 2.24. The molecule has 18 heavy (non-hydrogen) atoms. The van der Waals surface area contributed by atoms with Crippen LogP contribution in [0.15, 0.2) is 0 Å². The summed E-state index contributed by atoms with van der Waals surface area (Å²) in [6.07, 6.45) is 6.92. The van der Waals surface area contributed by atoms with Crippen LogP contribution < -0.4 is 10.6 Å². The molecule has 4 nitrogen and oxygen atoms in total. The Morgan fingerprint density at radius 2 is 2.11 bits per heavy atom. The lowest BCUT2D eigenvalue weighted by molar-refractivity contribution is -0.123. The van der Waals surface area contributed by atoms with E-state index in [2.05, 4.69) is 22.5 Å². The van der Waals surface area contributed by atoms with Crippen molar-refractivity contribution in [3.63, 3.8) is 0 Å². The molecule has 0 bridgehead atoms. The first kappa shape index (κ1) is 13.8. The van der Waals surface area contributed by atoms with Crippen LogP contribution in [0.25, 0.3) is 0 Å². The molecule has 2 N–H and O–H groups in total. The summed E-state index contributed by atoms with van der Waals surface area (Å²) in [6, 6.07) is 0.570. The number of amides is 1. The molecule has 2 fully saturated rings. The lowest BCUT2D eigenvalue weighted by Crippen LogP contribution is -2.47. The van der Waals surface area contributed by atoms with Gasteiger partial charge in [0.15, 0.2) is 0 Å². The first-order chi connectivity index (χ1) is 8.79. The minimum absolute atomic E-state index is 0.0469. The molecule has 0 aromatic heterocycles. The number of carbonyl (C=O) groups excluding carboxylic acids is 1. The van der Waals surface area contributed by atoms with Gasteiger partial charge in [0.1, 0.15) is 0 Å². The van der Waals surface area contributed by atoms with Crippen LogP contribution in [0.4, 0.5) is 0 Å². The van der Waals surface area contributed by atoms with Crippen molar-refractivity contribution in [2.75, 3.05) is 26.2 Å². The minimum Gasteiger partial charge on any atom is -0.355 e.